The van der Waals surface area contributed by atoms with Crippen molar-refractivity contribution >= 4 is 48.7 Å². The van der Waals surface area contributed by atoms with E-state index < -0.39 is 0 Å². The van der Waals surface area contributed by atoms with Gasteiger partial charge in [-0.1, -0.05) is 0 Å². The van der Waals surface area contributed by atoms with E-state index in [-0.39, 0.29) is 36.2 Å². The Morgan fingerprint density at radius 1 is 0.714 bits per heavy atom. The molecule has 1 saturated heterocycles. The lowest BCUT2D eigenvalue weighted by atomic mass is 10.3. The second-order valence-corrected chi connectivity index (χ2v) is 12.6. The van der Waals surface area contributed by atoms with Gasteiger partial charge in [-0.05, 0) is 94.9 Å². The van der Waals surface area contributed by atoms with Gasteiger partial charge in [-0.15, -0.1) is 12.4 Å². The van der Waals surface area contributed by atoms with Crippen LogP contribution in [0, 0.1) is 0 Å². The number of aromatic nitrogens is 8. The highest BCUT2D eigenvalue weighted by molar-refractivity contribution is 5.85. The maximum absolute atomic E-state index is 11.3. The molecule has 344 valence electrons. The molecule has 0 spiro atoms. The SMILES string of the molecule is CCOC(=O)CCCN.CCOC(=O)CCCN=Cc1ccnnc1.CCOC(=O)CCCNCc1ccnnc1.Cl.O=C1CCCN1Cc1ccnnc1.O=Cc1ccnnc1. The van der Waals surface area contributed by atoms with Crippen LogP contribution in [0.15, 0.2) is 78.8 Å². The lowest BCUT2D eigenvalue weighted by molar-refractivity contribution is -0.144. The molecule has 5 rings (SSSR count). The zero-order chi connectivity index (χ0) is 45.3. The number of esters is 3. The number of nitrogens with one attached hydrogen (secondary N) is 1. The van der Waals surface area contributed by atoms with Crippen molar-refractivity contribution in [3.8, 4) is 0 Å². The summed E-state index contributed by atoms with van der Waals surface area (Å²) < 4.78 is 14.3. The molecule has 1 aliphatic heterocycles. The molecule has 4 aromatic rings. The zero-order valence-corrected chi connectivity index (χ0v) is 37.1. The molecule has 0 unspecified atom stereocenters. The zero-order valence-electron chi connectivity index (χ0n) is 36.3. The molecule has 4 aromatic heterocycles. The fraction of sp³-hybridized carbons (Fsp3) is 0.476. The number of carbonyl (C=O) groups is 5. The van der Waals surface area contributed by atoms with Crippen LogP contribution in [-0.2, 0) is 46.5 Å². The molecular formula is C42H61ClN12O8. The summed E-state index contributed by atoms with van der Waals surface area (Å²) in [6.07, 6.45) is 20.5. The summed E-state index contributed by atoms with van der Waals surface area (Å²) >= 11 is 0. The molecule has 63 heavy (non-hydrogen) atoms. The first kappa shape index (κ1) is 56.8. The van der Waals surface area contributed by atoms with Crippen molar-refractivity contribution in [2.24, 2.45) is 10.7 Å². The molecule has 0 radical (unpaired) electrons. The van der Waals surface area contributed by atoms with Crippen LogP contribution >= 0.6 is 12.4 Å². The molecule has 20 nitrogen and oxygen atoms in total. The van der Waals surface area contributed by atoms with Crippen LogP contribution in [0.1, 0.15) is 99.2 Å². The molecule has 21 heteroatoms. The molecule has 5 heterocycles. The van der Waals surface area contributed by atoms with Crippen molar-refractivity contribution in [3.05, 3.63) is 96.1 Å². The van der Waals surface area contributed by atoms with Gasteiger partial charge in [0.05, 0.1) is 57.0 Å². The number of nitrogens with two attached hydrogens (primary N) is 1. The van der Waals surface area contributed by atoms with Crippen molar-refractivity contribution in [1.29, 1.82) is 0 Å². The molecule has 1 fully saturated rings. The normalized spacial score (nSPS) is 11.0. The Morgan fingerprint density at radius 3 is 1.67 bits per heavy atom. The van der Waals surface area contributed by atoms with Crippen molar-refractivity contribution < 1.29 is 38.2 Å². The van der Waals surface area contributed by atoms with Gasteiger partial charge in [0.15, 0.2) is 6.29 Å². The number of hydrogen-bond donors (Lipinski definition) is 2. The van der Waals surface area contributed by atoms with Crippen LogP contribution in [0.3, 0.4) is 0 Å². The van der Waals surface area contributed by atoms with E-state index in [1.165, 1.54) is 12.4 Å². The van der Waals surface area contributed by atoms with Gasteiger partial charge in [0.1, 0.15) is 0 Å². The third-order valence-corrected chi connectivity index (χ3v) is 7.66. The average molecular weight is 897 g/mol. The summed E-state index contributed by atoms with van der Waals surface area (Å²) in [5.41, 5.74) is 8.76. The Hall–Kier alpha value is -6.25. The summed E-state index contributed by atoms with van der Waals surface area (Å²) in [6.45, 7) is 11.0. The van der Waals surface area contributed by atoms with Crippen LogP contribution in [0.4, 0.5) is 0 Å². The van der Waals surface area contributed by atoms with Gasteiger partial charge in [0.2, 0.25) is 5.91 Å². The van der Waals surface area contributed by atoms with Gasteiger partial charge in [-0.3, -0.25) is 29.0 Å². The predicted molar refractivity (Wildman–Crippen MR) is 236 cm³/mol. The Bertz CT molecular complexity index is 1790. The minimum absolute atomic E-state index is 0. The van der Waals surface area contributed by atoms with Crippen molar-refractivity contribution in [2.45, 2.75) is 85.2 Å². The topological polar surface area (TPSA) is 270 Å². The smallest absolute Gasteiger partial charge is 0.305 e. The third kappa shape index (κ3) is 32.2. The number of likely N-dealkylation sites (tertiary alicyclic amines) is 1. The summed E-state index contributed by atoms with van der Waals surface area (Å²) in [6, 6.07) is 7.21. The van der Waals surface area contributed by atoms with E-state index in [1.807, 2.05) is 30.0 Å². The van der Waals surface area contributed by atoms with Crippen LogP contribution in [0.2, 0.25) is 0 Å². The van der Waals surface area contributed by atoms with E-state index in [4.69, 9.17) is 15.2 Å². The van der Waals surface area contributed by atoms with Crippen molar-refractivity contribution in [2.75, 3.05) is 46.0 Å². The van der Waals surface area contributed by atoms with E-state index in [0.29, 0.717) is 77.1 Å². The second kappa shape index (κ2) is 39.9. The molecule has 0 saturated carbocycles. The van der Waals surface area contributed by atoms with Crippen LogP contribution in [0.5, 0.6) is 0 Å². The minimum Gasteiger partial charge on any atom is -0.466 e. The number of halogens is 1. The highest BCUT2D eigenvalue weighted by atomic mass is 35.5. The standard InChI is InChI=1S/C11H17N3O2.C11H15N3O2.C9H11N3O.C6H13NO2.C5H4N2O.ClH/c2*1-2-16-11(15)4-3-6-12-8-10-5-7-13-14-9-10;13-9-2-1-5-12(9)7-8-3-4-10-11-6-8;1-2-9-6(8)4-3-5-7;8-4-5-1-2-6-7-3-5;/h5,7,9,12H,2-4,6,8H2,1H3;5,7-9H,2-4,6H2,1H3;3-4,6H,1-2,5,7H2;2-5,7H2,1H3;1-4H;1H. The summed E-state index contributed by atoms with van der Waals surface area (Å²) in [4.78, 5) is 59.8. The average Bonchev–Trinajstić information content (AvgIpc) is 3.71. The second-order valence-electron chi connectivity index (χ2n) is 12.6. The highest BCUT2D eigenvalue weighted by Crippen LogP contribution is 2.12. The summed E-state index contributed by atoms with van der Waals surface area (Å²) in [7, 11) is 0. The maximum Gasteiger partial charge on any atom is 0.305 e. The largest absolute Gasteiger partial charge is 0.466 e. The fourth-order valence-electron chi connectivity index (χ4n) is 4.69. The fourth-order valence-corrected chi connectivity index (χ4v) is 4.69. The van der Waals surface area contributed by atoms with Gasteiger partial charge < -0.3 is 30.2 Å². The first-order valence-corrected chi connectivity index (χ1v) is 20.4. The molecular weight excluding hydrogens is 836 g/mol. The minimum atomic E-state index is -0.164. The van der Waals surface area contributed by atoms with Gasteiger partial charge in [0.25, 0.3) is 0 Å². The monoisotopic (exact) mass is 896 g/mol. The number of aldehydes is 1. The number of carbonyl (C=O) groups excluding carboxylic acids is 5. The maximum atomic E-state index is 11.3. The van der Waals surface area contributed by atoms with Gasteiger partial charge in [-0.2, -0.15) is 40.8 Å². The Morgan fingerprint density at radius 2 is 1.22 bits per heavy atom. The first-order chi connectivity index (χ1) is 30.3. The lowest BCUT2D eigenvalue weighted by Gasteiger charge is -2.14. The first-order valence-electron chi connectivity index (χ1n) is 20.4. The van der Waals surface area contributed by atoms with Gasteiger partial charge in [0, 0.05) is 81.6 Å². The molecule has 0 aromatic carbocycles. The number of rotatable bonds is 20. The molecule has 0 bridgehead atoms. The molecule has 3 N–H and O–H groups in total. The van der Waals surface area contributed by atoms with Crippen molar-refractivity contribution in [1.82, 2.24) is 51.0 Å². The van der Waals surface area contributed by atoms with Crippen LogP contribution < -0.4 is 11.1 Å². The molecule has 1 amide bonds. The van der Waals surface area contributed by atoms with E-state index in [0.717, 1.165) is 61.9 Å². The Labute approximate surface area is 375 Å². The summed E-state index contributed by atoms with van der Waals surface area (Å²) in [5, 5.41) is 32.5. The number of amides is 1. The third-order valence-electron chi connectivity index (χ3n) is 7.66. The van der Waals surface area contributed by atoms with E-state index >= 15 is 0 Å². The lowest BCUT2D eigenvalue weighted by Crippen LogP contribution is -2.23. The quantitative estimate of drug-likeness (QED) is 0.0420. The highest BCUT2D eigenvalue weighted by Gasteiger charge is 2.19. The predicted octanol–water partition coefficient (Wildman–Crippen LogP) is 3.75. The van der Waals surface area contributed by atoms with E-state index in [1.54, 1.807) is 63.3 Å². The number of hydrogen-bond acceptors (Lipinski definition) is 19. The molecule has 0 atom stereocenters. The van der Waals surface area contributed by atoms with Crippen molar-refractivity contribution in [3.63, 3.8) is 0 Å². The number of aliphatic imine (C=N–C) groups is 1. The van der Waals surface area contributed by atoms with Gasteiger partial charge >= 0.3 is 17.9 Å². The van der Waals surface area contributed by atoms with E-state index in [9.17, 15) is 24.0 Å². The van der Waals surface area contributed by atoms with Gasteiger partial charge in [-0.25, -0.2) is 0 Å². The van der Waals surface area contributed by atoms with Crippen LogP contribution in [-0.4, -0.2) is 128 Å². The number of ether oxygens (including phenoxy) is 3. The molecule has 0 aliphatic carbocycles. The van der Waals surface area contributed by atoms with E-state index in [2.05, 4.69) is 55.8 Å². The summed E-state index contributed by atoms with van der Waals surface area (Å²) in [5.74, 6) is -0.196. The molecule has 1 aliphatic rings. The number of nitrogens with zero attached hydrogens (tertiary/aromatic N) is 10. The Kier molecular flexibility index (Phi) is 35.9. The van der Waals surface area contributed by atoms with Crippen LogP contribution in [0.25, 0.3) is 0 Å². The Balaban J connectivity index is 0.000000778.